The minimum atomic E-state index is -0.0896. The second-order valence-corrected chi connectivity index (χ2v) is 5.16. The van der Waals surface area contributed by atoms with Gasteiger partial charge in [0, 0.05) is 4.90 Å². The molecule has 1 saturated carbocycles. The molecule has 1 fully saturated rings. The Labute approximate surface area is 89.1 Å². The van der Waals surface area contributed by atoms with Crippen LogP contribution in [0.1, 0.15) is 25.3 Å². The van der Waals surface area contributed by atoms with Gasteiger partial charge in [-0.15, -0.1) is 11.8 Å². The molecule has 0 bridgehead atoms. The predicted octanol–water partition coefficient (Wildman–Crippen LogP) is 3.40. The molecule has 0 radical (unpaired) electrons. The fourth-order valence-corrected chi connectivity index (χ4v) is 2.44. The standard InChI is InChI=1S/C12H13NS/c1-2-10-3-5-11(6-4-10)14-12(9-13)7-8-12/h3-6H,2,7-8H2,1H3. The minimum Gasteiger partial charge on any atom is -0.197 e. The number of benzene rings is 1. The van der Waals surface area contributed by atoms with E-state index < -0.39 is 0 Å². The van der Waals surface area contributed by atoms with E-state index >= 15 is 0 Å². The fourth-order valence-electron chi connectivity index (χ4n) is 1.37. The Morgan fingerprint density at radius 3 is 2.43 bits per heavy atom. The Kier molecular flexibility index (Phi) is 2.52. The summed E-state index contributed by atoms with van der Waals surface area (Å²) in [7, 11) is 0. The highest BCUT2D eigenvalue weighted by Gasteiger charge is 2.44. The van der Waals surface area contributed by atoms with E-state index in [0.29, 0.717) is 0 Å². The lowest BCUT2D eigenvalue weighted by Gasteiger charge is -2.05. The van der Waals surface area contributed by atoms with E-state index in [9.17, 15) is 0 Å². The van der Waals surface area contributed by atoms with Crippen molar-refractivity contribution < 1.29 is 0 Å². The zero-order chi connectivity index (χ0) is 10.0. The van der Waals surface area contributed by atoms with Crippen molar-refractivity contribution in [3.63, 3.8) is 0 Å². The molecule has 0 atom stereocenters. The molecule has 1 aromatic rings. The molecule has 0 N–H and O–H groups in total. The molecule has 14 heavy (non-hydrogen) atoms. The van der Waals surface area contributed by atoms with Crippen molar-refractivity contribution in [2.24, 2.45) is 0 Å². The third kappa shape index (κ3) is 1.93. The van der Waals surface area contributed by atoms with Crippen LogP contribution in [0.25, 0.3) is 0 Å². The summed E-state index contributed by atoms with van der Waals surface area (Å²) in [4.78, 5) is 1.22. The van der Waals surface area contributed by atoms with Crippen molar-refractivity contribution in [2.45, 2.75) is 35.8 Å². The number of nitriles is 1. The van der Waals surface area contributed by atoms with Crippen LogP contribution in [0.2, 0.25) is 0 Å². The largest absolute Gasteiger partial charge is 0.197 e. The summed E-state index contributed by atoms with van der Waals surface area (Å²) in [6, 6.07) is 10.9. The van der Waals surface area contributed by atoms with Crippen molar-refractivity contribution in [1.82, 2.24) is 0 Å². The van der Waals surface area contributed by atoms with Gasteiger partial charge < -0.3 is 0 Å². The van der Waals surface area contributed by atoms with E-state index in [0.717, 1.165) is 19.3 Å². The molecule has 1 nitrogen and oxygen atoms in total. The molecule has 2 rings (SSSR count). The van der Waals surface area contributed by atoms with Gasteiger partial charge in [-0.2, -0.15) is 5.26 Å². The average Bonchev–Trinajstić information content (AvgIpc) is 3.00. The zero-order valence-corrected chi connectivity index (χ0v) is 9.10. The van der Waals surface area contributed by atoms with Gasteiger partial charge >= 0.3 is 0 Å². The molecule has 1 aliphatic rings. The lowest BCUT2D eigenvalue weighted by molar-refractivity contribution is 1.13. The van der Waals surface area contributed by atoms with Crippen LogP contribution in [0.4, 0.5) is 0 Å². The van der Waals surface area contributed by atoms with Crippen LogP contribution in [0.15, 0.2) is 29.2 Å². The second-order valence-electron chi connectivity index (χ2n) is 3.71. The van der Waals surface area contributed by atoms with E-state index in [4.69, 9.17) is 5.26 Å². The minimum absolute atomic E-state index is 0.0896. The number of thioether (sulfide) groups is 1. The van der Waals surface area contributed by atoms with E-state index in [1.165, 1.54) is 10.5 Å². The van der Waals surface area contributed by atoms with Crippen LogP contribution in [0, 0.1) is 11.3 Å². The molecule has 0 spiro atoms. The summed E-state index contributed by atoms with van der Waals surface area (Å²) in [5, 5.41) is 8.95. The number of hydrogen-bond acceptors (Lipinski definition) is 2. The highest BCUT2D eigenvalue weighted by Crippen LogP contribution is 2.51. The number of nitrogens with zero attached hydrogens (tertiary/aromatic N) is 1. The Morgan fingerprint density at radius 2 is 2.00 bits per heavy atom. The number of aryl methyl sites for hydroxylation is 1. The Bertz CT molecular complexity index is 357. The van der Waals surface area contributed by atoms with Crippen molar-refractivity contribution in [1.29, 1.82) is 5.26 Å². The summed E-state index contributed by atoms with van der Waals surface area (Å²) >= 11 is 1.72. The van der Waals surface area contributed by atoms with Crippen LogP contribution in [0.3, 0.4) is 0 Å². The molecule has 0 aromatic heterocycles. The Morgan fingerprint density at radius 1 is 1.36 bits per heavy atom. The quantitative estimate of drug-likeness (QED) is 0.751. The molecular formula is C12H13NS. The second kappa shape index (κ2) is 3.67. The van der Waals surface area contributed by atoms with Crippen molar-refractivity contribution >= 4 is 11.8 Å². The van der Waals surface area contributed by atoms with Gasteiger partial charge in [-0.1, -0.05) is 19.1 Å². The molecule has 1 aliphatic carbocycles. The van der Waals surface area contributed by atoms with Gasteiger partial charge in [-0.05, 0) is 37.0 Å². The highest BCUT2D eigenvalue weighted by atomic mass is 32.2. The van der Waals surface area contributed by atoms with Crippen molar-refractivity contribution in [3.8, 4) is 6.07 Å². The van der Waals surface area contributed by atoms with E-state index in [1.54, 1.807) is 11.8 Å². The van der Waals surface area contributed by atoms with Crippen LogP contribution in [-0.4, -0.2) is 4.75 Å². The topological polar surface area (TPSA) is 23.8 Å². The maximum Gasteiger partial charge on any atom is 0.107 e. The molecule has 0 saturated heterocycles. The van der Waals surface area contributed by atoms with Gasteiger partial charge in [-0.25, -0.2) is 0 Å². The molecule has 0 heterocycles. The summed E-state index contributed by atoms with van der Waals surface area (Å²) in [5.74, 6) is 0. The Hall–Kier alpha value is -0.940. The number of rotatable bonds is 3. The maximum atomic E-state index is 8.95. The predicted molar refractivity (Wildman–Crippen MR) is 59.3 cm³/mol. The van der Waals surface area contributed by atoms with E-state index in [2.05, 4.69) is 37.3 Å². The molecule has 72 valence electrons. The molecule has 0 aliphatic heterocycles. The fraction of sp³-hybridized carbons (Fsp3) is 0.417. The monoisotopic (exact) mass is 203 g/mol. The first kappa shape index (κ1) is 9.61. The maximum absolute atomic E-state index is 8.95. The first-order valence-electron chi connectivity index (χ1n) is 4.97. The van der Waals surface area contributed by atoms with Crippen LogP contribution in [-0.2, 0) is 6.42 Å². The third-order valence-electron chi connectivity index (χ3n) is 2.55. The van der Waals surface area contributed by atoms with Crippen molar-refractivity contribution in [3.05, 3.63) is 29.8 Å². The van der Waals surface area contributed by atoms with Gasteiger partial charge in [-0.3, -0.25) is 0 Å². The van der Waals surface area contributed by atoms with E-state index in [1.807, 2.05) is 0 Å². The SMILES string of the molecule is CCc1ccc(SC2(C#N)CC2)cc1. The molecule has 0 amide bonds. The Balaban J connectivity index is 2.08. The molecule has 0 unspecified atom stereocenters. The van der Waals surface area contributed by atoms with Gasteiger partial charge in [0.05, 0.1) is 6.07 Å². The first-order chi connectivity index (χ1) is 6.78. The lowest BCUT2D eigenvalue weighted by atomic mass is 10.2. The van der Waals surface area contributed by atoms with Crippen molar-refractivity contribution in [2.75, 3.05) is 0 Å². The van der Waals surface area contributed by atoms with Gasteiger partial charge in [0.2, 0.25) is 0 Å². The molecule has 2 heteroatoms. The van der Waals surface area contributed by atoms with Crippen LogP contribution >= 0.6 is 11.8 Å². The number of hydrogen-bond donors (Lipinski definition) is 0. The summed E-state index contributed by atoms with van der Waals surface area (Å²) < 4.78 is -0.0896. The third-order valence-corrected chi connectivity index (χ3v) is 3.95. The smallest absolute Gasteiger partial charge is 0.107 e. The van der Waals surface area contributed by atoms with Crippen LogP contribution in [0.5, 0.6) is 0 Å². The molecular weight excluding hydrogens is 190 g/mol. The van der Waals surface area contributed by atoms with Gasteiger partial charge in [0.25, 0.3) is 0 Å². The summed E-state index contributed by atoms with van der Waals surface area (Å²) in [5.41, 5.74) is 1.36. The molecule has 1 aromatic carbocycles. The highest BCUT2D eigenvalue weighted by molar-refractivity contribution is 8.01. The van der Waals surface area contributed by atoms with Gasteiger partial charge in [0.1, 0.15) is 4.75 Å². The van der Waals surface area contributed by atoms with E-state index in [-0.39, 0.29) is 4.75 Å². The first-order valence-corrected chi connectivity index (χ1v) is 5.79. The van der Waals surface area contributed by atoms with Crippen LogP contribution < -0.4 is 0 Å². The summed E-state index contributed by atoms with van der Waals surface area (Å²) in [6.45, 7) is 2.15. The summed E-state index contributed by atoms with van der Waals surface area (Å²) in [6.07, 6.45) is 3.17. The van der Waals surface area contributed by atoms with Gasteiger partial charge in [0.15, 0.2) is 0 Å². The zero-order valence-electron chi connectivity index (χ0n) is 8.29. The normalized spacial score (nSPS) is 17.4. The lowest BCUT2D eigenvalue weighted by Crippen LogP contribution is -1.96. The average molecular weight is 203 g/mol.